The number of nitrogen functional groups attached to an aromatic ring is 1. The maximum Gasteiger partial charge on any atom is 0.204 e. The van der Waals surface area contributed by atoms with Crippen LogP contribution in [0.2, 0.25) is 10.0 Å². The Hall–Kier alpha value is -1.72. The molecule has 0 aliphatic heterocycles. The lowest BCUT2D eigenvalue weighted by Gasteiger charge is -2.13. The van der Waals surface area contributed by atoms with Gasteiger partial charge in [0.2, 0.25) is 5.75 Å². The highest BCUT2D eigenvalue weighted by Crippen LogP contribution is 2.35. The van der Waals surface area contributed by atoms with Gasteiger partial charge in [0.25, 0.3) is 0 Å². The van der Waals surface area contributed by atoms with Crippen molar-refractivity contribution < 1.29 is 4.74 Å². The van der Waals surface area contributed by atoms with Gasteiger partial charge in [0.05, 0.1) is 22.8 Å². The maximum absolute atomic E-state index is 6.05. The average molecular weight is 285 g/mol. The summed E-state index contributed by atoms with van der Waals surface area (Å²) in [4.78, 5) is 7.88. The van der Waals surface area contributed by atoms with Crippen molar-refractivity contribution >= 4 is 40.5 Å². The first kappa shape index (κ1) is 12.7. The molecule has 2 rings (SSSR count). The molecule has 0 amide bonds. The van der Waals surface area contributed by atoms with Crippen molar-refractivity contribution in [3.05, 3.63) is 34.6 Å². The summed E-state index contributed by atoms with van der Waals surface area (Å²) in [5.41, 5.74) is 6.22. The van der Waals surface area contributed by atoms with E-state index in [-0.39, 0.29) is 5.82 Å². The minimum atomic E-state index is 0.234. The van der Waals surface area contributed by atoms with E-state index in [0.29, 0.717) is 27.3 Å². The number of nitrogens with one attached hydrogen (secondary N) is 1. The van der Waals surface area contributed by atoms with Gasteiger partial charge in [-0.3, -0.25) is 0 Å². The van der Waals surface area contributed by atoms with Gasteiger partial charge in [-0.25, -0.2) is 9.97 Å². The molecule has 0 saturated heterocycles. The minimum Gasteiger partial charge on any atom is -0.490 e. The molecule has 0 fully saturated rings. The van der Waals surface area contributed by atoms with Crippen LogP contribution in [0.15, 0.2) is 24.5 Å². The zero-order valence-corrected chi connectivity index (χ0v) is 11.0. The van der Waals surface area contributed by atoms with E-state index in [1.54, 1.807) is 18.2 Å². The second-order valence-corrected chi connectivity index (χ2v) is 4.18. The molecule has 0 saturated carbocycles. The summed E-state index contributed by atoms with van der Waals surface area (Å²) in [5, 5.41) is 3.93. The van der Waals surface area contributed by atoms with Crippen molar-refractivity contribution in [2.24, 2.45) is 0 Å². The first-order valence-corrected chi connectivity index (χ1v) is 5.74. The SMILES string of the molecule is COc1c(N)ncnc1Nc1c(Cl)cccc1Cl. The Labute approximate surface area is 114 Å². The van der Waals surface area contributed by atoms with Crippen LogP contribution in [0.1, 0.15) is 0 Å². The number of nitrogens with two attached hydrogens (primary N) is 1. The molecule has 0 bridgehead atoms. The van der Waals surface area contributed by atoms with Crippen molar-refractivity contribution in [2.45, 2.75) is 0 Å². The highest BCUT2D eigenvalue weighted by atomic mass is 35.5. The summed E-state index contributed by atoms with van der Waals surface area (Å²) < 4.78 is 5.13. The quantitative estimate of drug-likeness (QED) is 0.906. The standard InChI is InChI=1S/C11H10Cl2N4O/c1-18-9-10(14)15-5-16-11(9)17-8-6(12)3-2-4-7(8)13/h2-5H,1H3,(H3,14,15,16,17). The second kappa shape index (κ2) is 5.29. The molecule has 2 aromatic rings. The fourth-order valence-corrected chi connectivity index (χ4v) is 1.91. The fourth-order valence-electron chi connectivity index (χ4n) is 1.41. The van der Waals surface area contributed by atoms with Crippen molar-refractivity contribution in [1.29, 1.82) is 0 Å². The number of para-hydroxylation sites is 1. The van der Waals surface area contributed by atoms with E-state index in [1.807, 2.05) is 0 Å². The van der Waals surface area contributed by atoms with Gasteiger partial charge in [0, 0.05) is 0 Å². The Kier molecular flexibility index (Phi) is 3.74. The summed E-state index contributed by atoms with van der Waals surface area (Å²) in [6.07, 6.45) is 1.32. The lowest BCUT2D eigenvalue weighted by atomic mass is 10.3. The third-order valence-electron chi connectivity index (χ3n) is 2.24. The van der Waals surface area contributed by atoms with Crippen LogP contribution in [0.25, 0.3) is 0 Å². The Bertz CT molecular complexity index is 557. The molecule has 3 N–H and O–H groups in total. The van der Waals surface area contributed by atoms with Crippen LogP contribution in [0.5, 0.6) is 5.75 Å². The predicted molar refractivity (Wildman–Crippen MR) is 72.7 cm³/mol. The number of hydrogen-bond acceptors (Lipinski definition) is 5. The Balaban J connectivity index is 2.43. The van der Waals surface area contributed by atoms with Crippen LogP contribution in [-0.4, -0.2) is 17.1 Å². The van der Waals surface area contributed by atoms with Gasteiger partial charge in [0.1, 0.15) is 6.33 Å². The van der Waals surface area contributed by atoms with Crippen LogP contribution in [0.3, 0.4) is 0 Å². The smallest absolute Gasteiger partial charge is 0.204 e. The zero-order chi connectivity index (χ0) is 13.1. The van der Waals surface area contributed by atoms with E-state index in [0.717, 1.165) is 0 Å². The monoisotopic (exact) mass is 284 g/mol. The van der Waals surface area contributed by atoms with Crippen LogP contribution in [0, 0.1) is 0 Å². The van der Waals surface area contributed by atoms with Crippen LogP contribution in [0.4, 0.5) is 17.3 Å². The molecule has 1 aromatic carbocycles. The largest absolute Gasteiger partial charge is 0.490 e. The van der Waals surface area contributed by atoms with Gasteiger partial charge >= 0.3 is 0 Å². The number of methoxy groups -OCH3 is 1. The molecule has 18 heavy (non-hydrogen) atoms. The number of aromatic nitrogens is 2. The lowest BCUT2D eigenvalue weighted by Crippen LogP contribution is -2.03. The van der Waals surface area contributed by atoms with Gasteiger partial charge in [-0.1, -0.05) is 29.3 Å². The Morgan fingerprint density at radius 2 is 1.89 bits per heavy atom. The Morgan fingerprint density at radius 3 is 2.50 bits per heavy atom. The molecule has 1 aromatic heterocycles. The molecule has 0 aliphatic carbocycles. The van der Waals surface area contributed by atoms with Crippen molar-refractivity contribution in [2.75, 3.05) is 18.2 Å². The molecular formula is C11H10Cl2N4O. The molecule has 0 unspecified atom stereocenters. The molecule has 0 spiro atoms. The molecule has 0 atom stereocenters. The normalized spacial score (nSPS) is 10.2. The average Bonchev–Trinajstić information content (AvgIpc) is 2.34. The lowest BCUT2D eigenvalue weighted by molar-refractivity contribution is 0.415. The maximum atomic E-state index is 6.05. The van der Waals surface area contributed by atoms with E-state index in [1.165, 1.54) is 13.4 Å². The first-order valence-electron chi connectivity index (χ1n) is 4.99. The van der Waals surface area contributed by atoms with Gasteiger partial charge < -0.3 is 15.8 Å². The number of halogens is 2. The van der Waals surface area contributed by atoms with Crippen LogP contribution in [-0.2, 0) is 0 Å². The van der Waals surface area contributed by atoms with E-state index >= 15 is 0 Å². The molecule has 0 aliphatic rings. The predicted octanol–water partition coefficient (Wildman–Crippen LogP) is 3.12. The number of anilines is 3. The van der Waals surface area contributed by atoms with E-state index in [4.69, 9.17) is 33.7 Å². The summed E-state index contributed by atoms with van der Waals surface area (Å²) in [7, 11) is 1.48. The molecular weight excluding hydrogens is 275 g/mol. The summed E-state index contributed by atoms with van der Waals surface area (Å²) in [6, 6.07) is 5.18. The summed E-state index contributed by atoms with van der Waals surface area (Å²) in [5.74, 6) is 0.978. The third-order valence-corrected chi connectivity index (χ3v) is 2.87. The summed E-state index contributed by atoms with van der Waals surface area (Å²) in [6.45, 7) is 0. The molecule has 94 valence electrons. The van der Waals surface area contributed by atoms with Gasteiger partial charge in [-0.2, -0.15) is 0 Å². The van der Waals surface area contributed by atoms with Crippen molar-refractivity contribution in [3.63, 3.8) is 0 Å². The Morgan fingerprint density at radius 1 is 1.22 bits per heavy atom. The molecule has 0 radical (unpaired) electrons. The van der Waals surface area contributed by atoms with Crippen LogP contribution < -0.4 is 15.8 Å². The fraction of sp³-hybridized carbons (Fsp3) is 0.0909. The highest BCUT2D eigenvalue weighted by molar-refractivity contribution is 6.39. The van der Waals surface area contributed by atoms with E-state index in [9.17, 15) is 0 Å². The first-order chi connectivity index (χ1) is 8.63. The van der Waals surface area contributed by atoms with Crippen LogP contribution >= 0.6 is 23.2 Å². The highest BCUT2D eigenvalue weighted by Gasteiger charge is 2.12. The second-order valence-electron chi connectivity index (χ2n) is 3.36. The van der Waals surface area contributed by atoms with E-state index < -0.39 is 0 Å². The number of hydrogen-bond donors (Lipinski definition) is 2. The van der Waals surface area contributed by atoms with Crippen molar-refractivity contribution in [1.82, 2.24) is 9.97 Å². The molecule has 1 heterocycles. The van der Waals surface area contributed by atoms with Gasteiger partial charge in [-0.15, -0.1) is 0 Å². The topological polar surface area (TPSA) is 73.1 Å². The number of benzene rings is 1. The van der Waals surface area contributed by atoms with Gasteiger partial charge in [0.15, 0.2) is 11.6 Å². The van der Waals surface area contributed by atoms with E-state index in [2.05, 4.69) is 15.3 Å². The van der Waals surface area contributed by atoms with Gasteiger partial charge in [-0.05, 0) is 12.1 Å². The van der Waals surface area contributed by atoms with Crippen molar-refractivity contribution in [3.8, 4) is 5.75 Å². The third kappa shape index (κ3) is 2.42. The molecule has 5 nitrogen and oxygen atoms in total. The molecule has 7 heteroatoms. The zero-order valence-electron chi connectivity index (χ0n) is 9.45. The number of ether oxygens (including phenoxy) is 1. The summed E-state index contributed by atoms with van der Waals surface area (Å²) >= 11 is 12.1. The minimum absolute atomic E-state index is 0.234. The number of nitrogens with zero attached hydrogens (tertiary/aromatic N) is 2. The number of rotatable bonds is 3.